The van der Waals surface area contributed by atoms with Gasteiger partial charge in [0.15, 0.2) is 0 Å². The van der Waals surface area contributed by atoms with Crippen molar-refractivity contribution in [1.82, 2.24) is 14.7 Å². The summed E-state index contributed by atoms with van der Waals surface area (Å²) in [5, 5.41) is 0. The van der Waals surface area contributed by atoms with Crippen molar-refractivity contribution in [2.75, 3.05) is 33.2 Å². The van der Waals surface area contributed by atoms with Gasteiger partial charge in [-0.2, -0.15) is 0 Å². The third-order valence-corrected chi connectivity index (χ3v) is 5.47. The summed E-state index contributed by atoms with van der Waals surface area (Å²) < 4.78 is 13.2. The Balaban J connectivity index is 1.75. The molecule has 2 N–H and O–H groups in total. The maximum Gasteiger partial charge on any atom is 0.246 e. The van der Waals surface area contributed by atoms with E-state index in [4.69, 9.17) is 17.3 Å². The highest BCUT2D eigenvalue weighted by molar-refractivity contribution is 6.24. The topological polar surface area (TPSA) is 69.9 Å². The van der Waals surface area contributed by atoms with Gasteiger partial charge in [-0.25, -0.2) is 4.39 Å². The molecule has 0 saturated carbocycles. The van der Waals surface area contributed by atoms with Crippen molar-refractivity contribution in [1.29, 1.82) is 0 Å². The molecule has 8 heteroatoms. The minimum absolute atomic E-state index is 0.0362. The van der Waals surface area contributed by atoms with Gasteiger partial charge in [0.25, 0.3) is 0 Å². The van der Waals surface area contributed by atoms with Gasteiger partial charge in [0.1, 0.15) is 10.8 Å². The van der Waals surface area contributed by atoms with Gasteiger partial charge in [-0.05, 0) is 30.8 Å². The van der Waals surface area contributed by atoms with E-state index in [0.717, 1.165) is 12.1 Å². The molecule has 3 rings (SSSR count). The molecule has 2 aliphatic rings. The third kappa shape index (κ3) is 4.66. The minimum atomic E-state index is -0.725. The normalized spacial score (nSPS) is 26.5. The van der Waals surface area contributed by atoms with E-state index in [1.165, 1.54) is 24.3 Å². The summed E-state index contributed by atoms with van der Waals surface area (Å²) in [5.74, 6) is -0.912. The number of hydrogen-bond acceptors (Lipinski definition) is 4. The van der Waals surface area contributed by atoms with Crippen LogP contribution in [0.3, 0.4) is 0 Å². The average Bonchev–Trinajstić information content (AvgIpc) is 2.57. The van der Waals surface area contributed by atoms with Gasteiger partial charge in [-0.1, -0.05) is 29.8 Å². The lowest BCUT2D eigenvalue weighted by Gasteiger charge is -2.57. The van der Waals surface area contributed by atoms with Crippen LogP contribution in [-0.4, -0.2) is 70.8 Å². The highest BCUT2D eigenvalue weighted by Gasteiger charge is 2.49. The summed E-state index contributed by atoms with van der Waals surface area (Å²) in [5.41, 5.74) is 6.08. The van der Waals surface area contributed by atoms with E-state index in [0.29, 0.717) is 26.2 Å². The van der Waals surface area contributed by atoms with Crippen molar-refractivity contribution in [3.05, 3.63) is 47.8 Å². The predicted octanol–water partition coefficient (Wildman–Crippen LogP) is 1.15. The Kier molecular flexibility index (Phi) is 5.83. The second-order valence-corrected chi connectivity index (χ2v) is 8.02. The minimum Gasteiger partial charge on any atom is -0.369 e. The van der Waals surface area contributed by atoms with E-state index in [1.54, 1.807) is 17.0 Å². The highest BCUT2D eigenvalue weighted by atomic mass is 35.5. The summed E-state index contributed by atoms with van der Waals surface area (Å²) in [6.07, 6.45) is 2.91. The number of rotatable bonds is 5. The lowest BCUT2D eigenvalue weighted by atomic mass is 9.98. The Bertz CT molecular complexity index is 742. The van der Waals surface area contributed by atoms with E-state index in [1.807, 2.05) is 7.05 Å². The standard InChI is InChI=1S/C19H24ClFN4O2/c1-23-10-16-11-24(18(27)4-2-3-17(22)26)13-19(20,12-23)25(16)9-14-5-7-15(21)8-6-14/h2,4-8,16H,3,9-13H2,1H3,(H2,22,26)/b4-2+. The lowest BCUT2D eigenvalue weighted by Crippen LogP contribution is -2.72. The molecule has 2 fully saturated rings. The van der Waals surface area contributed by atoms with Crippen LogP contribution in [0.25, 0.3) is 0 Å². The Labute approximate surface area is 163 Å². The highest BCUT2D eigenvalue weighted by Crippen LogP contribution is 2.36. The van der Waals surface area contributed by atoms with E-state index in [-0.39, 0.29) is 24.2 Å². The molecule has 2 atom stereocenters. The predicted molar refractivity (Wildman–Crippen MR) is 101 cm³/mol. The number of nitrogens with two attached hydrogens (primary N) is 1. The van der Waals surface area contributed by atoms with Crippen molar-refractivity contribution in [2.45, 2.75) is 24.0 Å². The van der Waals surface area contributed by atoms with Gasteiger partial charge in [-0.3, -0.25) is 14.5 Å². The van der Waals surface area contributed by atoms with Crippen LogP contribution in [0.2, 0.25) is 0 Å². The molecule has 0 radical (unpaired) electrons. The first-order valence-corrected chi connectivity index (χ1v) is 9.27. The Morgan fingerprint density at radius 2 is 2.00 bits per heavy atom. The molecular formula is C19H24ClFN4O2. The van der Waals surface area contributed by atoms with Crippen LogP contribution in [0.4, 0.5) is 4.39 Å². The first kappa shape index (κ1) is 19.8. The molecule has 2 saturated heterocycles. The fourth-order valence-corrected chi connectivity index (χ4v) is 4.42. The zero-order chi connectivity index (χ0) is 19.6. The van der Waals surface area contributed by atoms with Gasteiger partial charge >= 0.3 is 0 Å². The molecule has 1 aromatic rings. The number of alkyl halides is 1. The molecule has 2 bridgehead atoms. The van der Waals surface area contributed by atoms with Crippen LogP contribution in [0.15, 0.2) is 36.4 Å². The Hall–Kier alpha value is -1.96. The molecule has 2 amide bonds. The fourth-order valence-electron chi connectivity index (χ4n) is 3.87. The molecule has 27 heavy (non-hydrogen) atoms. The second-order valence-electron chi connectivity index (χ2n) is 7.31. The van der Waals surface area contributed by atoms with Crippen LogP contribution in [0.1, 0.15) is 12.0 Å². The SMILES string of the molecule is CN1CC2CN(C(=O)/C=C/CC(N)=O)CC(Cl)(C1)N2Cc1ccc(F)cc1. The Morgan fingerprint density at radius 3 is 2.63 bits per heavy atom. The maximum atomic E-state index is 13.2. The van der Waals surface area contributed by atoms with Crippen LogP contribution < -0.4 is 5.73 Å². The monoisotopic (exact) mass is 394 g/mol. The Morgan fingerprint density at radius 1 is 1.30 bits per heavy atom. The number of fused-ring (bicyclic) bond motifs is 2. The van der Waals surface area contributed by atoms with Gasteiger partial charge in [0.05, 0.1) is 6.54 Å². The molecule has 0 aliphatic carbocycles. The van der Waals surface area contributed by atoms with Crippen molar-refractivity contribution < 1.29 is 14.0 Å². The molecule has 0 spiro atoms. The molecule has 2 heterocycles. The first-order chi connectivity index (χ1) is 12.8. The van der Waals surface area contributed by atoms with Crippen molar-refractivity contribution >= 4 is 23.4 Å². The number of nitrogens with zero attached hydrogens (tertiary/aromatic N) is 3. The number of likely N-dealkylation sites (N-methyl/N-ethyl adjacent to an activating group) is 1. The van der Waals surface area contributed by atoms with Gasteiger partial charge in [-0.15, -0.1) is 0 Å². The zero-order valence-electron chi connectivity index (χ0n) is 15.3. The molecule has 2 aliphatic heterocycles. The quantitative estimate of drug-likeness (QED) is 0.462. The number of primary amides is 1. The number of carbonyl (C=O) groups is 2. The summed E-state index contributed by atoms with van der Waals surface area (Å²) in [6, 6.07) is 6.48. The molecule has 0 aromatic heterocycles. The zero-order valence-corrected chi connectivity index (χ0v) is 16.0. The van der Waals surface area contributed by atoms with E-state index >= 15 is 0 Å². The van der Waals surface area contributed by atoms with E-state index in [9.17, 15) is 14.0 Å². The fraction of sp³-hybridized carbons (Fsp3) is 0.474. The van der Waals surface area contributed by atoms with Crippen molar-refractivity contribution in [3.63, 3.8) is 0 Å². The summed E-state index contributed by atoms with van der Waals surface area (Å²) in [4.78, 5) is 28.7. The maximum absolute atomic E-state index is 13.2. The molecule has 146 valence electrons. The van der Waals surface area contributed by atoms with Crippen molar-refractivity contribution in [2.24, 2.45) is 5.73 Å². The van der Waals surface area contributed by atoms with Gasteiger partial charge in [0, 0.05) is 38.6 Å². The number of halogens is 2. The van der Waals surface area contributed by atoms with Gasteiger partial charge < -0.3 is 15.5 Å². The average molecular weight is 395 g/mol. The lowest BCUT2D eigenvalue weighted by molar-refractivity contribution is -0.136. The summed E-state index contributed by atoms with van der Waals surface area (Å²) >= 11 is 6.99. The van der Waals surface area contributed by atoms with E-state index < -0.39 is 10.9 Å². The van der Waals surface area contributed by atoms with Crippen molar-refractivity contribution in [3.8, 4) is 0 Å². The first-order valence-electron chi connectivity index (χ1n) is 8.89. The largest absolute Gasteiger partial charge is 0.369 e. The number of amides is 2. The summed E-state index contributed by atoms with van der Waals surface area (Å²) in [6.45, 7) is 2.91. The van der Waals surface area contributed by atoms with Crippen LogP contribution in [-0.2, 0) is 16.1 Å². The molecule has 2 unspecified atom stereocenters. The van der Waals surface area contributed by atoms with Crippen LogP contribution >= 0.6 is 11.6 Å². The smallest absolute Gasteiger partial charge is 0.246 e. The third-order valence-electron chi connectivity index (χ3n) is 5.01. The number of piperazine rings is 2. The molecule has 6 nitrogen and oxygen atoms in total. The number of carbonyl (C=O) groups excluding carboxylic acids is 2. The molecule has 1 aromatic carbocycles. The van der Waals surface area contributed by atoms with Crippen LogP contribution in [0.5, 0.6) is 0 Å². The second kappa shape index (κ2) is 7.96. The van der Waals surface area contributed by atoms with Gasteiger partial charge in [0.2, 0.25) is 11.8 Å². The molecular weight excluding hydrogens is 371 g/mol. The number of hydrogen-bond donors (Lipinski definition) is 1. The van der Waals surface area contributed by atoms with Crippen LogP contribution in [0, 0.1) is 5.82 Å². The van der Waals surface area contributed by atoms with E-state index in [2.05, 4.69) is 9.80 Å². The summed E-state index contributed by atoms with van der Waals surface area (Å²) in [7, 11) is 2.02. The number of benzene rings is 1.